The van der Waals surface area contributed by atoms with Gasteiger partial charge in [0.05, 0.1) is 0 Å². The van der Waals surface area contributed by atoms with Crippen LogP contribution in [0.5, 0.6) is 5.75 Å². The van der Waals surface area contributed by atoms with Gasteiger partial charge in [-0.1, -0.05) is 56.5 Å². The average Bonchev–Trinajstić information content (AvgIpc) is 2.90. The summed E-state index contributed by atoms with van der Waals surface area (Å²) in [5.74, 6) is -0.0178. The van der Waals surface area contributed by atoms with Crippen LogP contribution in [0.2, 0.25) is 0 Å². The van der Waals surface area contributed by atoms with Crippen molar-refractivity contribution in [3.63, 3.8) is 0 Å². The maximum absolute atomic E-state index is 14.3. The molecule has 2 aromatic rings. The van der Waals surface area contributed by atoms with E-state index in [0.717, 1.165) is 30.4 Å². The number of nitrogens with one attached hydrogen (secondary N) is 2. The first kappa shape index (κ1) is 34.0. The minimum atomic E-state index is -0.985. The van der Waals surface area contributed by atoms with Crippen LogP contribution in [0.1, 0.15) is 82.5 Å². The molecule has 0 saturated carbocycles. The fourth-order valence-electron chi connectivity index (χ4n) is 4.55. The van der Waals surface area contributed by atoms with E-state index in [1.165, 1.54) is 12.1 Å². The number of anilines is 1. The highest BCUT2D eigenvalue weighted by molar-refractivity contribution is 7.98. The topological polar surface area (TPSA) is 108 Å². The van der Waals surface area contributed by atoms with Crippen LogP contribution in [-0.4, -0.2) is 58.1 Å². The Kier molecular flexibility index (Phi) is 13.5. The molecule has 0 aromatic heterocycles. The fraction of sp³-hybridized carbons (Fsp3) is 0.531. The number of carbonyl (C=O) groups excluding carboxylic acids is 3. The van der Waals surface area contributed by atoms with Gasteiger partial charge >= 0.3 is 6.09 Å². The van der Waals surface area contributed by atoms with Crippen LogP contribution in [0.3, 0.4) is 0 Å². The van der Waals surface area contributed by atoms with E-state index in [1.54, 1.807) is 49.6 Å². The summed E-state index contributed by atoms with van der Waals surface area (Å²) in [5.41, 5.74) is 2.36. The van der Waals surface area contributed by atoms with Crippen LogP contribution in [-0.2, 0) is 14.3 Å². The molecule has 3 amide bonds. The minimum Gasteiger partial charge on any atom is -0.508 e. The molecular formula is C32H47N3O5S. The number of nitrogens with zero attached hydrogens (tertiary/aromatic N) is 1. The van der Waals surface area contributed by atoms with Gasteiger partial charge in [0.1, 0.15) is 23.4 Å². The molecule has 0 spiro atoms. The Morgan fingerprint density at radius 1 is 1.00 bits per heavy atom. The van der Waals surface area contributed by atoms with E-state index < -0.39 is 23.8 Å². The Hall–Kier alpha value is -3.20. The highest BCUT2D eigenvalue weighted by Crippen LogP contribution is 2.29. The number of phenols is 1. The van der Waals surface area contributed by atoms with Gasteiger partial charge in [0, 0.05) is 12.2 Å². The molecule has 226 valence electrons. The molecule has 0 aliphatic carbocycles. The van der Waals surface area contributed by atoms with Gasteiger partial charge in [-0.2, -0.15) is 11.8 Å². The zero-order valence-corrected chi connectivity index (χ0v) is 26.4. The molecule has 9 heteroatoms. The number of thioether (sulfide) groups is 1. The summed E-state index contributed by atoms with van der Waals surface area (Å²) in [6.45, 7) is 11.6. The molecule has 0 fully saturated rings. The minimum absolute atomic E-state index is 0.0629. The molecule has 0 radical (unpaired) electrons. The van der Waals surface area contributed by atoms with E-state index in [0.29, 0.717) is 36.4 Å². The highest BCUT2D eigenvalue weighted by atomic mass is 32.2. The number of rotatable bonds is 14. The Morgan fingerprint density at radius 2 is 1.63 bits per heavy atom. The van der Waals surface area contributed by atoms with Crippen molar-refractivity contribution >= 4 is 35.4 Å². The third-order valence-corrected chi connectivity index (χ3v) is 7.28. The lowest BCUT2D eigenvalue weighted by Crippen LogP contribution is -2.52. The number of ether oxygens (including phenoxy) is 1. The lowest BCUT2D eigenvalue weighted by atomic mass is 10.0. The number of carbonyl (C=O) groups is 3. The predicted octanol–water partition coefficient (Wildman–Crippen LogP) is 6.74. The molecule has 0 heterocycles. The molecule has 0 bridgehead atoms. The van der Waals surface area contributed by atoms with Gasteiger partial charge in [0.15, 0.2) is 0 Å². The zero-order valence-electron chi connectivity index (χ0n) is 25.6. The van der Waals surface area contributed by atoms with Crippen LogP contribution in [0.15, 0.2) is 42.5 Å². The summed E-state index contributed by atoms with van der Waals surface area (Å²) in [5, 5.41) is 15.8. The van der Waals surface area contributed by atoms with Gasteiger partial charge in [0.25, 0.3) is 5.91 Å². The van der Waals surface area contributed by atoms with Crippen LogP contribution < -0.4 is 10.6 Å². The van der Waals surface area contributed by atoms with Crippen LogP contribution in [0.25, 0.3) is 0 Å². The van der Waals surface area contributed by atoms with Crippen molar-refractivity contribution in [2.24, 2.45) is 0 Å². The number of aromatic hydroxyl groups is 1. The highest BCUT2D eigenvalue weighted by Gasteiger charge is 2.36. The fourth-order valence-corrected chi connectivity index (χ4v) is 5.02. The van der Waals surface area contributed by atoms with Gasteiger partial charge in [-0.25, -0.2) is 4.79 Å². The van der Waals surface area contributed by atoms with Crippen molar-refractivity contribution in [2.45, 2.75) is 91.3 Å². The van der Waals surface area contributed by atoms with Gasteiger partial charge in [-0.3, -0.25) is 9.59 Å². The number of para-hydroxylation sites is 1. The van der Waals surface area contributed by atoms with Crippen LogP contribution in [0, 0.1) is 13.8 Å². The number of unbranched alkanes of at least 4 members (excludes halogenated alkanes) is 3. The maximum atomic E-state index is 14.3. The Balaban J connectivity index is 2.55. The van der Waals surface area contributed by atoms with E-state index in [-0.39, 0.29) is 17.6 Å². The summed E-state index contributed by atoms with van der Waals surface area (Å²) in [6.07, 6.45) is 5.28. The summed E-state index contributed by atoms with van der Waals surface area (Å²) < 4.78 is 5.47. The van der Waals surface area contributed by atoms with E-state index in [4.69, 9.17) is 4.74 Å². The SMILES string of the molecule is CCCCCCN(C(=O)C(CCSC)NC(=O)OC(C)(C)C)C(C(=O)Nc1c(C)cccc1C)c1ccc(O)cc1. The maximum Gasteiger partial charge on any atom is 0.408 e. The van der Waals surface area contributed by atoms with Crippen LogP contribution in [0.4, 0.5) is 10.5 Å². The van der Waals surface area contributed by atoms with Gasteiger partial charge < -0.3 is 25.4 Å². The first-order valence-corrected chi connectivity index (χ1v) is 15.7. The Labute approximate surface area is 249 Å². The summed E-state index contributed by atoms with van der Waals surface area (Å²) in [4.78, 5) is 42.7. The molecule has 2 rings (SSSR count). The van der Waals surface area contributed by atoms with Crippen molar-refractivity contribution in [2.75, 3.05) is 23.9 Å². The van der Waals surface area contributed by atoms with E-state index in [2.05, 4.69) is 17.6 Å². The second-order valence-electron chi connectivity index (χ2n) is 11.3. The smallest absolute Gasteiger partial charge is 0.408 e. The van der Waals surface area contributed by atoms with Crippen LogP contribution >= 0.6 is 11.8 Å². The van der Waals surface area contributed by atoms with Crippen molar-refractivity contribution in [3.8, 4) is 5.75 Å². The predicted molar refractivity (Wildman–Crippen MR) is 167 cm³/mol. The molecule has 8 nitrogen and oxygen atoms in total. The summed E-state index contributed by atoms with van der Waals surface area (Å²) >= 11 is 1.57. The normalized spacial score (nSPS) is 12.8. The number of amides is 3. The van der Waals surface area contributed by atoms with E-state index >= 15 is 0 Å². The molecule has 3 N–H and O–H groups in total. The largest absolute Gasteiger partial charge is 0.508 e. The first-order chi connectivity index (χ1) is 19.4. The zero-order chi connectivity index (χ0) is 30.6. The van der Waals surface area contributed by atoms with Gasteiger partial charge in [-0.15, -0.1) is 0 Å². The van der Waals surface area contributed by atoms with Gasteiger partial charge in [0.2, 0.25) is 5.91 Å². The molecular weight excluding hydrogens is 538 g/mol. The van der Waals surface area contributed by atoms with Crippen molar-refractivity contribution in [1.82, 2.24) is 10.2 Å². The number of benzene rings is 2. The molecule has 0 saturated heterocycles. The standard InChI is InChI=1S/C32H47N3O5S/c1-8-9-10-11-20-35(30(38)26(19-21-41-7)33-31(39)40-32(4,5)6)28(24-15-17-25(36)18-16-24)29(37)34-27-22(2)13-12-14-23(27)3/h12-18,26,28,36H,8-11,19-21H2,1-7H3,(H,33,39)(H,34,37). The third kappa shape index (κ3) is 10.9. The second kappa shape index (κ2) is 16.3. The Bertz CT molecular complexity index is 1130. The van der Waals surface area contributed by atoms with E-state index in [9.17, 15) is 19.5 Å². The molecule has 2 aromatic carbocycles. The Morgan fingerprint density at radius 3 is 2.20 bits per heavy atom. The summed E-state index contributed by atoms with van der Waals surface area (Å²) in [7, 11) is 0. The van der Waals surface area contributed by atoms with Crippen molar-refractivity contribution in [1.29, 1.82) is 0 Å². The number of phenolic OH excluding ortho intramolecular Hbond substituents is 1. The first-order valence-electron chi connectivity index (χ1n) is 14.3. The third-order valence-electron chi connectivity index (χ3n) is 6.63. The monoisotopic (exact) mass is 585 g/mol. The second-order valence-corrected chi connectivity index (χ2v) is 12.3. The number of hydrogen-bond donors (Lipinski definition) is 3. The molecule has 0 aliphatic heterocycles. The van der Waals surface area contributed by atoms with E-state index in [1.807, 2.05) is 38.3 Å². The lowest BCUT2D eigenvalue weighted by molar-refractivity contribution is -0.141. The van der Waals surface area contributed by atoms with Crippen molar-refractivity contribution < 1.29 is 24.2 Å². The number of alkyl carbamates (subject to hydrolysis) is 1. The lowest BCUT2D eigenvalue weighted by Gasteiger charge is -2.35. The number of aryl methyl sites for hydroxylation is 2. The average molecular weight is 586 g/mol. The quantitative estimate of drug-likeness (QED) is 0.212. The van der Waals surface area contributed by atoms with Gasteiger partial charge in [-0.05, 0) is 88.3 Å². The van der Waals surface area contributed by atoms with Crippen molar-refractivity contribution in [3.05, 3.63) is 59.2 Å². The summed E-state index contributed by atoms with van der Waals surface area (Å²) in [6, 6.07) is 10.3. The number of hydrogen-bond acceptors (Lipinski definition) is 6. The molecule has 2 unspecified atom stereocenters. The molecule has 41 heavy (non-hydrogen) atoms. The molecule has 0 aliphatic rings. The molecule has 2 atom stereocenters.